The van der Waals surface area contributed by atoms with Crippen molar-refractivity contribution in [1.82, 2.24) is 15.3 Å². The van der Waals surface area contributed by atoms with Crippen molar-refractivity contribution in [2.45, 2.75) is 32.4 Å². The molecule has 0 bridgehead atoms. The zero-order valence-electron chi connectivity index (χ0n) is 9.06. The standard InChI is InChI=1S/C11H13N3S2/c1-7-13-9(5-15-7)10-6-16-11(14-10)4-12-8-2-3-8/h5-6,8,12H,2-4H2,1H3. The van der Waals surface area contributed by atoms with Crippen molar-refractivity contribution in [3.05, 3.63) is 20.8 Å². The maximum Gasteiger partial charge on any atom is 0.107 e. The van der Waals surface area contributed by atoms with Crippen molar-refractivity contribution in [3.63, 3.8) is 0 Å². The highest BCUT2D eigenvalue weighted by atomic mass is 32.1. The molecule has 0 aliphatic heterocycles. The molecule has 16 heavy (non-hydrogen) atoms. The van der Waals surface area contributed by atoms with E-state index < -0.39 is 0 Å². The quantitative estimate of drug-likeness (QED) is 0.908. The molecule has 0 atom stereocenters. The van der Waals surface area contributed by atoms with Gasteiger partial charge in [0.25, 0.3) is 0 Å². The van der Waals surface area contributed by atoms with Crippen LogP contribution in [0.1, 0.15) is 22.9 Å². The molecule has 5 heteroatoms. The van der Waals surface area contributed by atoms with Crippen LogP contribution < -0.4 is 5.32 Å². The van der Waals surface area contributed by atoms with Gasteiger partial charge >= 0.3 is 0 Å². The molecule has 3 rings (SSSR count). The van der Waals surface area contributed by atoms with E-state index in [-0.39, 0.29) is 0 Å². The largest absolute Gasteiger partial charge is 0.308 e. The summed E-state index contributed by atoms with van der Waals surface area (Å²) < 4.78 is 0. The molecule has 1 N–H and O–H groups in total. The first-order valence-corrected chi connectivity index (χ1v) is 7.17. The molecule has 3 nitrogen and oxygen atoms in total. The van der Waals surface area contributed by atoms with E-state index in [9.17, 15) is 0 Å². The number of hydrogen-bond donors (Lipinski definition) is 1. The molecule has 0 radical (unpaired) electrons. The predicted molar refractivity (Wildman–Crippen MR) is 67.8 cm³/mol. The van der Waals surface area contributed by atoms with E-state index in [0.29, 0.717) is 0 Å². The Balaban J connectivity index is 1.71. The van der Waals surface area contributed by atoms with E-state index in [4.69, 9.17) is 0 Å². The lowest BCUT2D eigenvalue weighted by atomic mass is 10.4. The number of hydrogen-bond acceptors (Lipinski definition) is 5. The molecule has 0 amide bonds. The molecule has 1 fully saturated rings. The molecule has 0 spiro atoms. The first-order chi connectivity index (χ1) is 7.81. The lowest BCUT2D eigenvalue weighted by molar-refractivity contribution is 0.685. The minimum absolute atomic E-state index is 0.744. The van der Waals surface area contributed by atoms with Gasteiger partial charge in [0.15, 0.2) is 0 Å². The molecule has 1 saturated carbocycles. The number of aryl methyl sites for hydroxylation is 1. The van der Waals surface area contributed by atoms with Crippen LogP contribution >= 0.6 is 22.7 Å². The highest BCUT2D eigenvalue weighted by molar-refractivity contribution is 7.10. The first kappa shape index (κ1) is 10.4. The maximum atomic E-state index is 4.59. The summed E-state index contributed by atoms with van der Waals surface area (Å²) in [6.45, 7) is 2.93. The van der Waals surface area contributed by atoms with Crippen molar-refractivity contribution < 1.29 is 0 Å². The van der Waals surface area contributed by atoms with E-state index in [1.165, 1.54) is 12.8 Å². The fourth-order valence-corrected chi connectivity index (χ4v) is 2.86. The maximum absolute atomic E-state index is 4.59. The first-order valence-electron chi connectivity index (χ1n) is 5.41. The summed E-state index contributed by atoms with van der Waals surface area (Å²) in [4.78, 5) is 9.04. The topological polar surface area (TPSA) is 37.8 Å². The molecule has 1 aliphatic rings. The van der Waals surface area contributed by atoms with Gasteiger partial charge in [0, 0.05) is 23.3 Å². The minimum atomic E-state index is 0.744. The highest BCUT2D eigenvalue weighted by Gasteiger charge is 2.20. The third-order valence-corrected chi connectivity index (χ3v) is 4.17. The summed E-state index contributed by atoms with van der Waals surface area (Å²) in [5.74, 6) is 0. The monoisotopic (exact) mass is 251 g/mol. The smallest absolute Gasteiger partial charge is 0.107 e. The average molecular weight is 251 g/mol. The molecular weight excluding hydrogens is 238 g/mol. The zero-order chi connectivity index (χ0) is 11.0. The molecule has 2 aromatic rings. The van der Waals surface area contributed by atoms with Gasteiger partial charge in [0.2, 0.25) is 0 Å². The van der Waals surface area contributed by atoms with Crippen LogP contribution in [0.25, 0.3) is 11.4 Å². The molecular formula is C11H13N3S2. The van der Waals surface area contributed by atoms with Crippen molar-refractivity contribution >= 4 is 22.7 Å². The van der Waals surface area contributed by atoms with Crippen LogP contribution in [0, 0.1) is 6.92 Å². The Morgan fingerprint density at radius 3 is 2.69 bits per heavy atom. The molecule has 84 valence electrons. The van der Waals surface area contributed by atoms with Gasteiger partial charge in [-0.05, 0) is 19.8 Å². The summed E-state index contributed by atoms with van der Waals surface area (Å²) in [6.07, 6.45) is 2.65. The second kappa shape index (κ2) is 4.24. The Morgan fingerprint density at radius 1 is 1.25 bits per heavy atom. The third kappa shape index (κ3) is 2.31. The van der Waals surface area contributed by atoms with E-state index in [1.54, 1.807) is 22.7 Å². The number of rotatable bonds is 4. The van der Waals surface area contributed by atoms with Gasteiger partial charge in [-0.25, -0.2) is 9.97 Å². The Labute approximate surface area is 103 Å². The number of nitrogens with one attached hydrogen (secondary N) is 1. The van der Waals surface area contributed by atoms with Crippen LogP contribution in [0.15, 0.2) is 10.8 Å². The van der Waals surface area contributed by atoms with Gasteiger partial charge in [-0.1, -0.05) is 0 Å². The number of nitrogens with zero attached hydrogens (tertiary/aromatic N) is 2. The molecule has 0 unspecified atom stereocenters. The second-order valence-corrected chi connectivity index (χ2v) is 6.04. The minimum Gasteiger partial charge on any atom is -0.308 e. The summed E-state index contributed by atoms with van der Waals surface area (Å²) in [5.41, 5.74) is 2.03. The molecule has 0 aromatic carbocycles. The lowest BCUT2D eigenvalue weighted by Gasteiger charge is -1.96. The molecule has 0 saturated heterocycles. The lowest BCUT2D eigenvalue weighted by Crippen LogP contribution is -2.14. The van der Waals surface area contributed by atoms with Crippen molar-refractivity contribution in [1.29, 1.82) is 0 Å². The van der Waals surface area contributed by atoms with Crippen LogP contribution in [0.2, 0.25) is 0 Å². The van der Waals surface area contributed by atoms with Gasteiger partial charge < -0.3 is 5.32 Å². The summed E-state index contributed by atoms with van der Waals surface area (Å²) in [6, 6.07) is 0.744. The molecule has 1 aliphatic carbocycles. The Kier molecular flexibility index (Phi) is 2.75. The fourth-order valence-electron chi connectivity index (χ4n) is 1.51. The van der Waals surface area contributed by atoms with E-state index >= 15 is 0 Å². The van der Waals surface area contributed by atoms with Gasteiger partial charge in [-0.2, -0.15) is 0 Å². The normalized spacial score (nSPS) is 15.6. The van der Waals surface area contributed by atoms with Gasteiger partial charge in [0.1, 0.15) is 16.4 Å². The van der Waals surface area contributed by atoms with Crippen LogP contribution in [-0.2, 0) is 6.54 Å². The highest BCUT2D eigenvalue weighted by Crippen LogP contribution is 2.24. The zero-order valence-corrected chi connectivity index (χ0v) is 10.7. The Morgan fingerprint density at radius 2 is 2.00 bits per heavy atom. The van der Waals surface area contributed by atoms with E-state index in [2.05, 4.69) is 26.0 Å². The second-order valence-electron chi connectivity index (χ2n) is 4.03. The van der Waals surface area contributed by atoms with E-state index in [0.717, 1.165) is 34.0 Å². The number of aromatic nitrogens is 2. The SMILES string of the molecule is Cc1nc(-c2csc(CNC3CC3)n2)cs1. The van der Waals surface area contributed by atoms with Crippen molar-refractivity contribution in [2.24, 2.45) is 0 Å². The Bertz CT molecular complexity index is 485. The van der Waals surface area contributed by atoms with Crippen LogP contribution in [0.3, 0.4) is 0 Å². The van der Waals surface area contributed by atoms with Crippen LogP contribution in [0.4, 0.5) is 0 Å². The van der Waals surface area contributed by atoms with E-state index in [1.807, 2.05) is 6.92 Å². The van der Waals surface area contributed by atoms with Gasteiger partial charge in [-0.3, -0.25) is 0 Å². The van der Waals surface area contributed by atoms with Crippen LogP contribution in [-0.4, -0.2) is 16.0 Å². The summed E-state index contributed by atoms with van der Waals surface area (Å²) in [7, 11) is 0. The number of thiazole rings is 2. The average Bonchev–Trinajstić information content (AvgIpc) is 2.81. The van der Waals surface area contributed by atoms with Crippen LogP contribution in [0.5, 0.6) is 0 Å². The van der Waals surface area contributed by atoms with Gasteiger partial charge in [0.05, 0.1) is 5.01 Å². The van der Waals surface area contributed by atoms with Gasteiger partial charge in [-0.15, -0.1) is 22.7 Å². The third-order valence-electron chi connectivity index (χ3n) is 2.55. The predicted octanol–water partition coefficient (Wildman–Crippen LogP) is 2.83. The molecule has 2 heterocycles. The molecule has 2 aromatic heterocycles. The van der Waals surface area contributed by atoms with Crippen molar-refractivity contribution in [2.75, 3.05) is 0 Å². The summed E-state index contributed by atoms with van der Waals surface area (Å²) >= 11 is 3.39. The fraction of sp³-hybridized carbons (Fsp3) is 0.455. The van der Waals surface area contributed by atoms with Crippen molar-refractivity contribution in [3.8, 4) is 11.4 Å². The summed E-state index contributed by atoms with van der Waals surface area (Å²) in [5, 5.41) is 9.90. The Hall–Kier alpha value is -0.780.